The van der Waals surface area contributed by atoms with E-state index in [0.717, 1.165) is 6.54 Å². The van der Waals surface area contributed by atoms with Crippen molar-refractivity contribution in [2.75, 3.05) is 19.7 Å². The third-order valence-corrected chi connectivity index (χ3v) is 3.76. The molecule has 1 N–H and O–H groups in total. The van der Waals surface area contributed by atoms with E-state index in [2.05, 4.69) is 10.3 Å². The summed E-state index contributed by atoms with van der Waals surface area (Å²) >= 11 is 5.75. The molecule has 22 heavy (non-hydrogen) atoms. The summed E-state index contributed by atoms with van der Waals surface area (Å²) in [6, 6.07) is 8.34. The van der Waals surface area contributed by atoms with Gasteiger partial charge in [0.2, 0.25) is 0 Å². The van der Waals surface area contributed by atoms with E-state index in [0.29, 0.717) is 24.5 Å². The molecule has 0 unspecified atom stereocenters. The smallest absolute Gasteiger partial charge is 0.142 e. The molecule has 0 radical (unpaired) electrons. The fourth-order valence-electron chi connectivity index (χ4n) is 2.41. The second-order valence-electron chi connectivity index (χ2n) is 5.01. The van der Waals surface area contributed by atoms with E-state index < -0.39 is 5.82 Å². The first kappa shape index (κ1) is 15.2. The van der Waals surface area contributed by atoms with Crippen LogP contribution in [0.25, 0.3) is 0 Å². The number of rotatable bonds is 3. The van der Waals surface area contributed by atoms with Crippen molar-refractivity contribution in [1.82, 2.24) is 10.3 Å². The first-order valence-corrected chi connectivity index (χ1v) is 7.46. The van der Waals surface area contributed by atoms with Crippen molar-refractivity contribution in [1.29, 1.82) is 0 Å². The van der Waals surface area contributed by atoms with Crippen LogP contribution in [0.15, 0.2) is 42.7 Å². The highest BCUT2D eigenvalue weighted by Gasteiger charge is 2.28. The largest absolute Gasteiger partial charge is 0.484 e. The van der Waals surface area contributed by atoms with Gasteiger partial charge in [-0.2, -0.15) is 0 Å². The highest BCUT2D eigenvalue weighted by atomic mass is 35.5. The topological polar surface area (TPSA) is 43.4 Å². The van der Waals surface area contributed by atoms with Crippen molar-refractivity contribution < 1.29 is 13.9 Å². The van der Waals surface area contributed by atoms with Gasteiger partial charge in [-0.25, -0.2) is 4.39 Å². The number of hydrogen-bond donors (Lipinski definition) is 1. The zero-order valence-corrected chi connectivity index (χ0v) is 12.6. The fraction of sp³-hybridized carbons (Fsp3) is 0.312. The van der Waals surface area contributed by atoms with E-state index in [-0.39, 0.29) is 17.2 Å². The van der Waals surface area contributed by atoms with Crippen molar-refractivity contribution >= 4 is 11.6 Å². The van der Waals surface area contributed by atoms with E-state index in [1.165, 1.54) is 12.1 Å². The molecule has 0 bridgehead atoms. The lowest BCUT2D eigenvalue weighted by Gasteiger charge is -2.26. The first-order valence-electron chi connectivity index (χ1n) is 7.08. The quantitative estimate of drug-likeness (QED) is 0.943. The van der Waals surface area contributed by atoms with E-state index in [1.54, 1.807) is 24.5 Å². The number of nitrogens with one attached hydrogen (secondary N) is 1. The van der Waals surface area contributed by atoms with Crippen molar-refractivity contribution in [2.24, 2.45) is 0 Å². The summed E-state index contributed by atoms with van der Waals surface area (Å²) in [5.74, 6) is 0.194. The lowest BCUT2D eigenvalue weighted by Crippen LogP contribution is -2.34. The molecule has 6 heteroatoms. The average molecular weight is 323 g/mol. The molecule has 2 aromatic rings. The molecule has 0 saturated carbocycles. The fourth-order valence-corrected chi connectivity index (χ4v) is 2.53. The molecular formula is C16H16ClFN2O2. The van der Waals surface area contributed by atoms with Crippen molar-refractivity contribution in [3.8, 4) is 5.75 Å². The lowest BCUT2D eigenvalue weighted by atomic mass is 10.0. The third-order valence-electron chi connectivity index (χ3n) is 3.45. The zero-order valence-electron chi connectivity index (χ0n) is 11.8. The number of halogens is 2. The van der Waals surface area contributed by atoms with E-state index in [1.807, 2.05) is 6.07 Å². The minimum atomic E-state index is -0.458. The third kappa shape index (κ3) is 3.55. The van der Waals surface area contributed by atoms with Crippen LogP contribution in [-0.4, -0.2) is 30.8 Å². The SMILES string of the molecule is Fc1cc([C@@H]2OCCNC[C@H]2Oc2cccnc2)ccc1Cl. The molecule has 0 spiro atoms. The Balaban J connectivity index is 1.85. The number of nitrogens with zero attached hydrogens (tertiary/aromatic N) is 1. The van der Waals surface area contributed by atoms with Gasteiger partial charge in [0.05, 0.1) is 17.8 Å². The number of benzene rings is 1. The van der Waals surface area contributed by atoms with Crippen molar-refractivity contribution in [3.63, 3.8) is 0 Å². The number of pyridine rings is 1. The summed E-state index contributed by atoms with van der Waals surface area (Å²) in [7, 11) is 0. The minimum Gasteiger partial charge on any atom is -0.484 e. The summed E-state index contributed by atoms with van der Waals surface area (Å²) in [5.41, 5.74) is 0.708. The molecule has 1 aromatic heterocycles. The highest BCUT2D eigenvalue weighted by molar-refractivity contribution is 6.30. The molecule has 1 saturated heterocycles. The van der Waals surface area contributed by atoms with Crippen LogP contribution in [0.2, 0.25) is 5.02 Å². The Kier molecular flexibility index (Phi) is 4.87. The lowest BCUT2D eigenvalue weighted by molar-refractivity contribution is -0.00866. The Hall–Kier alpha value is -1.69. The van der Waals surface area contributed by atoms with Crippen LogP contribution in [0.4, 0.5) is 4.39 Å². The molecule has 1 fully saturated rings. The highest BCUT2D eigenvalue weighted by Crippen LogP contribution is 2.28. The molecule has 1 aliphatic rings. The Morgan fingerprint density at radius 2 is 2.27 bits per heavy atom. The van der Waals surface area contributed by atoms with Crippen LogP contribution in [0.1, 0.15) is 11.7 Å². The van der Waals surface area contributed by atoms with E-state index in [9.17, 15) is 4.39 Å². The van der Waals surface area contributed by atoms with Crippen LogP contribution in [0, 0.1) is 5.82 Å². The van der Waals surface area contributed by atoms with Crippen LogP contribution in [-0.2, 0) is 4.74 Å². The van der Waals surface area contributed by atoms with Gasteiger partial charge in [0.15, 0.2) is 0 Å². The second-order valence-corrected chi connectivity index (χ2v) is 5.42. The summed E-state index contributed by atoms with van der Waals surface area (Å²) < 4.78 is 25.6. The molecule has 2 atom stereocenters. The van der Waals surface area contributed by atoms with Gasteiger partial charge < -0.3 is 14.8 Å². The van der Waals surface area contributed by atoms with Gasteiger partial charge in [0, 0.05) is 19.3 Å². The normalized spacial score (nSPS) is 22.1. The average Bonchev–Trinajstić information content (AvgIpc) is 2.77. The monoisotopic (exact) mass is 322 g/mol. The molecule has 116 valence electrons. The predicted octanol–water partition coefficient (Wildman–Crippen LogP) is 2.98. The maximum absolute atomic E-state index is 13.7. The summed E-state index contributed by atoms with van der Waals surface area (Å²) in [5, 5.41) is 3.35. The Morgan fingerprint density at radius 3 is 3.05 bits per heavy atom. The molecule has 4 nitrogen and oxygen atoms in total. The Bertz CT molecular complexity index is 627. The van der Waals surface area contributed by atoms with Gasteiger partial charge in [0.25, 0.3) is 0 Å². The predicted molar refractivity (Wildman–Crippen MR) is 81.6 cm³/mol. The Morgan fingerprint density at radius 1 is 1.36 bits per heavy atom. The van der Waals surface area contributed by atoms with E-state index in [4.69, 9.17) is 21.1 Å². The van der Waals surface area contributed by atoms with Crippen LogP contribution >= 0.6 is 11.6 Å². The maximum Gasteiger partial charge on any atom is 0.142 e. The van der Waals surface area contributed by atoms with Gasteiger partial charge in [0.1, 0.15) is 23.8 Å². The van der Waals surface area contributed by atoms with Crippen LogP contribution in [0.5, 0.6) is 5.75 Å². The van der Waals surface area contributed by atoms with Crippen molar-refractivity contribution in [3.05, 3.63) is 59.1 Å². The van der Waals surface area contributed by atoms with Crippen molar-refractivity contribution in [2.45, 2.75) is 12.2 Å². The molecule has 3 rings (SSSR count). The van der Waals surface area contributed by atoms with Gasteiger partial charge in [-0.05, 0) is 29.8 Å². The second kappa shape index (κ2) is 7.05. The molecule has 0 amide bonds. The maximum atomic E-state index is 13.7. The molecule has 0 aliphatic carbocycles. The molecule has 1 aliphatic heterocycles. The number of ether oxygens (including phenoxy) is 2. The number of aromatic nitrogens is 1. The standard InChI is InChI=1S/C16H16ClFN2O2/c17-13-4-3-11(8-14(13)18)16-15(10-20-6-7-21-16)22-12-2-1-5-19-9-12/h1-5,8-9,15-16,20H,6-7,10H2/t15-,16+/m1/s1. The first-order chi connectivity index (χ1) is 10.7. The molecular weight excluding hydrogens is 307 g/mol. The Labute approximate surface area is 133 Å². The minimum absolute atomic E-state index is 0.0974. The summed E-state index contributed by atoms with van der Waals surface area (Å²) in [4.78, 5) is 4.03. The molecule has 1 aromatic carbocycles. The summed E-state index contributed by atoms with van der Waals surface area (Å²) in [6.07, 6.45) is 2.67. The van der Waals surface area contributed by atoms with Crippen LogP contribution in [0.3, 0.4) is 0 Å². The van der Waals surface area contributed by atoms with Gasteiger partial charge in [-0.15, -0.1) is 0 Å². The van der Waals surface area contributed by atoms with E-state index >= 15 is 0 Å². The van der Waals surface area contributed by atoms with Gasteiger partial charge in [-0.1, -0.05) is 17.7 Å². The van der Waals surface area contributed by atoms with Crippen LogP contribution < -0.4 is 10.1 Å². The number of hydrogen-bond acceptors (Lipinski definition) is 4. The van der Waals surface area contributed by atoms with Gasteiger partial charge >= 0.3 is 0 Å². The zero-order chi connectivity index (χ0) is 15.4. The molecule has 2 heterocycles. The summed E-state index contributed by atoms with van der Waals surface area (Å²) in [6.45, 7) is 1.85. The van der Waals surface area contributed by atoms with Gasteiger partial charge in [-0.3, -0.25) is 4.98 Å².